The molecule has 0 N–H and O–H groups in total. The van der Waals surface area contributed by atoms with Crippen molar-refractivity contribution in [3.05, 3.63) is 112 Å². The predicted octanol–water partition coefficient (Wildman–Crippen LogP) is 6.05. The van der Waals surface area contributed by atoms with Gasteiger partial charge in [0.25, 0.3) is 5.91 Å². The van der Waals surface area contributed by atoms with Gasteiger partial charge in [0.15, 0.2) is 5.01 Å². The molecule has 3 unspecified atom stereocenters. The molecule has 37 heavy (non-hydrogen) atoms. The highest BCUT2D eigenvalue weighted by Gasteiger charge is 2.71. The van der Waals surface area contributed by atoms with Crippen LogP contribution >= 0.6 is 11.3 Å². The summed E-state index contributed by atoms with van der Waals surface area (Å²) in [6.45, 7) is 5.47. The highest BCUT2D eigenvalue weighted by atomic mass is 32.1. The Kier molecular flexibility index (Phi) is 4.88. The van der Waals surface area contributed by atoms with Crippen LogP contribution in [0.1, 0.15) is 38.1 Å². The number of thiazole rings is 1. The molecule has 0 radical (unpaired) electrons. The Bertz CT molecular complexity index is 1660. The maximum absolute atomic E-state index is 13.5. The van der Waals surface area contributed by atoms with Gasteiger partial charge in [0.05, 0.1) is 17.4 Å². The molecule has 5 aromatic rings. The summed E-state index contributed by atoms with van der Waals surface area (Å²) < 4.78 is 15.4. The lowest BCUT2D eigenvalue weighted by molar-refractivity contribution is 0.0768. The first-order valence-electron chi connectivity index (χ1n) is 12.5. The van der Waals surface area contributed by atoms with Gasteiger partial charge in [-0.2, -0.15) is 5.10 Å². The Morgan fingerprint density at radius 3 is 2.59 bits per heavy atom. The van der Waals surface area contributed by atoms with Crippen molar-refractivity contribution >= 4 is 28.1 Å². The molecule has 1 amide bonds. The molecule has 0 spiro atoms. The zero-order valence-corrected chi connectivity index (χ0v) is 21.4. The van der Waals surface area contributed by atoms with Crippen molar-refractivity contribution in [2.24, 2.45) is 5.92 Å². The predicted molar refractivity (Wildman–Crippen MR) is 143 cm³/mol. The van der Waals surface area contributed by atoms with Crippen LogP contribution in [-0.4, -0.2) is 38.7 Å². The summed E-state index contributed by atoms with van der Waals surface area (Å²) in [6.07, 6.45) is 1.88. The smallest absolute Gasteiger partial charge is 0.282 e. The number of amides is 1. The second-order valence-corrected chi connectivity index (χ2v) is 11.1. The Morgan fingerprint density at radius 1 is 1.08 bits per heavy atom. The summed E-state index contributed by atoms with van der Waals surface area (Å²) in [5.41, 5.74) is 6.34. The Morgan fingerprint density at radius 2 is 1.86 bits per heavy atom. The van der Waals surface area contributed by atoms with Crippen LogP contribution in [0, 0.1) is 25.6 Å². The minimum Gasteiger partial charge on any atom is -0.335 e. The number of benzene rings is 3. The van der Waals surface area contributed by atoms with Crippen molar-refractivity contribution < 1.29 is 9.18 Å². The van der Waals surface area contributed by atoms with E-state index in [2.05, 4.69) is 59.5 Å². The Labute approximate surface area is 218 Å². The van der Waals surface area contributed by atoms with Crippen LogP contribution in [0.4, 0.5) is 4.39 Å². The topological polar surface area (TPSA) is 51.0 Å². The second kappa shape index (κ2) is 8.08. The van der Waals surface area contributed by atoms with Crippen LogP contribution in [-0.2, 0) is 5.41 Å². The number of rotatable bonds is 4. The van der Waals surface area contributed by atoms with Crippen molar-refractivity contribution in [3.8, 4) is 5.69 Å². The molecule has 2 fully saturated rings. The van der Waals surface area contributed by atoms with Crippen LogP contribution in [0.5, 0.6) is 0 Å². The molecule has 7 heteroatoms. The number of hydrogen-bond acceptors (Lipinski definition) is 4. The fourth-order valence-corrected chi connectivity index (χ4v) is 7.23. The van der Waals surface area contributed by atoms with Gasteiger partial charge in [-0.1, -0.05) is 30.3 Å². The molecule has 7 rings (SSSR count). The zero-order chi connectivity index (χ0) is 25.3. The summed E-state index contributed by atoms with van der Waals surface area (Å²) in [5, 5.41) is 8.17. The van der Waals surface area contributed by atoms with E-state index in [0.29, 0.717) is 23.4 Å². The van der Waals surface area contributed by atoms with E-state index in [1.54, 1.807) is 12.1 Å². The summed E-state index contributed by atoms with van der Waals surface area (Å²) in [6, 6.07) is 21.5. The van der Waals surface area contributed by atoms with Gasteiger partial charge in [-0.15, -0.1) is 11.3 Å². The minimum absolute atomic E-state index is 0.0272. The maximum atomic E-state index is 13.5. The Hall–Kier alpha value is -3.84. The van der Waals surface area contributed by atoms with Crippen LogP contribution in [0.2, 0.25) is 0 Å². The van der Waals surface area contributed by atoms with Crippen molar-refractivity contribution in [2.75, 3.05) is 13.1 Å². The third kappa shape index (κ3) is 3.37. The van der Waals surface area contributed by atoms with Gasteiger partial charge in [0.1, 0.15) is 5.82 Å². The zero-order valence-electron chi connectivity index (χ0n) is 20.6. The number of piperidine rings is 1. The van der Waals surface area contributed by atoms with Crippen LogP contribution < -0.4 is 0 Å². The standard InChI is InChI=1S/C30H25FN4OS/c1-18-12-26-21(14-32-35(26)23-10-8-22(31)9-11-23)13-24(18)30-17-34(29(36)28-33-19(2)16-37-28)15-25(30)27(30)20-6-4-3-5-7-20/h3-14,16,25,27H,15,17H2,1-2H3. The molecular weight excluding hydrogens is 483 g/mol. The minimum atomic E-state index is -0.266. The third-order valence-electron chi connectivity index (χ3n) is 8.11. The number of carbonyl (C=O) groups excluding carboxylic acids is 1. The quantitative estimate of drug-likeness (QED) is 0.297. The molecule has 3 atom stereocenters. The summed E-state index contributed by atoms with van der Waals surface area (Å²) in [7, 11) is 0. The number of likely N-dealkylation sites (tertiary alicyclic amines) is 1. The molecule has 1 aliphatic carbocycles. The first-order chi connectivity index (χ1) is 18.0. The average Bonchev–Trinajstić information content (AvgIpc) is 3.32. The van der Waals surface area contributed by atoms with E-state index in [1.807, 2.05) is 28.1 Å². The first-order valence-corrected chi connectivity index (χ1v) is 13.3. The van der Waals surface area contributed by atoms with E-state index in [4.69, 9.17) is 0 Å². The number of fused-ring (bicyclic) bond motifs is 2. The molecule has 184 valence electrons. The van der Waals surface area contributed by atoms with E-state index < -0.39 is 0 Å². The highest BCUT2D eigenvalue weighted by molar-refractivity contribution is 7.11. The summed E-state index contributed by atoms with van der Waals surface area (Å²) >= 11 is 1.42. The number of halogens is 1. The van der Waals surface area contributed by atoms with Gasteiger partial charge < -0.3 is 4.90 Å². The fraction of sp³-hybridized carbons (Fsp3) is 0.233. The summed E-state index contributed by atoms with van der Waals surface area (Å²) in [4.78, 5) is 19.8. The van der Waals surface area contributed by atoms with Crippen molar-refractivity contribution in [2.45, 2.75) is 25.2 Å². The number of carbonyl (C=O) groups is 1. The van der Waals surface area contributed by atoms with Crippen molar-refractivity contribution in [3.63, 3.8) is 0 Å². The van der Waals surface area contributed by atoms with E-state index in [9.17, 15) is 9.18 Å². The molecule has 1 aliphatic heterocycles. The summed E-state index contributed by atoms with van der Waals surface area (Å²) in [5.74, 6) is 0.472. The van der Waals surface area contributed by atoms with E-state index in [1.165, 1.54) is 40.2 Å². The monoisotopic (exact) mass is 508 g/mol. The van der Waals surface area contributed by atoms with Crippen LogP contribution in [0.25, 0.3) is 16.6 Å². The number of nitrogens with zero attached hydrogens (tertiary/aromatic N) is 4. The first kappa shape index (κ1) is 22.4. The molecule has 5 nitrogen and oxygen atoms in total. The van der Waals surface area contributed by atoms with Gasteiger partial charge in [0.2, 0.25) is 0 Å². The van der Waals surface area contributed by atoms with Crippen LogP contribution in [0.15, 0.2) is 78.3 Å². The lowest BCUT2D eigenvalue weighted by atomic mass is 9.86. The van der Waals surface area contributed by atoms with Gasteiger partial charge in [-0.3, -0.25) is 4.79 Å². The molecule has 0 bridgehead atoms. The van der Waals surface area contributed by atoms with E-state index in [0.717, 1.165) is 28.8 Å². The maximum Gasteiger partial charge on any atom is 0.282 e. The molecule has 1 saturated carbocycles. The number of hydrogen-bond donors (Lipinski definition) is 0. The highest BCUT2D eigenvalue weighted by Crippen LogP contribution is 2.70. The van der Waals surface area contributed by atoms with E-state index >= 15 is 0 Å². The Balaban J connectivity index is 1.31. The molecule has 2 aliphatic rings. The van der Waals surface area contributed by atoms with Gasteiger partial charge >= 0.3 is 0 Å². The van der Waals surface area contributed by atoms with Gasteiger partial charge in [-0.25, -0.2) is 14.1 Å². The lowest BCUT2D eigenvalue weighted by Gasteiger charge is -2.25. The van der Waals surface area contributed by atoms with E-state index in [-0.39, 0.29) is 17.1 Å². The molecule has 2 aromatic heterocycles. The van der Waals surface area contributed by atoms with Crippen molar-refractivity contribution in [1.82, 2.24) is 19.7 Å². The molecule has 3 aromatic carbocycles. The average molecular weight is 509 g/mol. The third-order valence-corrected chi connectivity index (χ3v) is 9.06. The second-order valence-electron chi connectivity index (χ2n) is 10.3. The molecular formula is C30H25FN4OS. The SMILES string of the molecule is Cc1csc(C(=O)N2CC3C(c4ccccc4)C3(c3cc4cnn(-c5ccc(F)cc5)c4cc3C)C2)n1. The lowest BCUT2D eigenvalue weighted by Crippen LogP contribution is -2.34. The largest absolute Gasteiger partial charge is 0.335 e. The van der Waals surface area contributed by atoms with Gasteiger partial charge in [-0.05, 0) is 72.9 Å². The van der Waals surface area contributed by atoms with Gasteiger partial charge in [0, 0.05) is 40.9 Å². The molecule has 1 saturated heterocycles. The number of aromatic nitrogens is 3. The number of aryl methyl sites for hydroxylation is 2. The normalized spacial score (nSPS) is 22.4. The van der Waals surface area contributed by atoms with Crippen LogP contribution in [0.3, 0.4) is 0 Å². The van der Waals surface area contributed by atoms with Crippen molar-refractivity contribution in [1.29, 1.82) is 0 Å². The molecule has 3 heterocycles. The fourth-order valence-electron chi connectivity index (χ4n) is 6.47.